The molecule has 1 fully saturated rings. The first-order valence-electron chi connectivity index (χ1n) is 10.5. The fourth-order valence-corrected chi connectivity index (χ4v) is 5.29. The predicted molar refractivity (Wildman–Crippen MR) is 118 cm³/mol. The van der Waals surface area contributed by atoms with Gasteiger partial charge < -0.3 is 5.11 Å². The number of nitrogens with zero attached hydrogens (tertiary/aromatic N) is 6. The molecule has 32 heavy (non-hydrogen) atoms. The van der Waals surface area contributed by atoms with E-state index in [-0.39, 0.29) is 17.2 Å². The summed E-state index contributed by atoms with van der Waals surface area (Å²) in [4.78, 5) is 4.85. The molecule has 0 aromatic carbocycles. The van der Waals surface area contributed by atoms with Gasteiger partial charge >= 0.3 is 0 Å². The molecule has 0 bridgehead atoms. The number of fused-ring (bicyclic) bond motifs is 1. The number of hydrogen-bond donors (Lipinski definition) is 1. The summed E-state index contributed by atoms with van der Waals surface area (Å²) in [6, 6.07) is 7.29. The Morgan fingerprint density at radius 1 is 1.22 bits per heavy atom. The molecule has 0 unspecified atom stereocenters. The smallest absolute Gasteiger partial charge is 0.155 e. The summed E-state index contributed by atoms with van der Waals surface area (Å²) in [6.07, 6.45) is 9.91. The molecule has 7 nitrogen and oxygen atoms in total. The minimum Gasteiger partial charge on any atom is -0.393 e. The third-order valence-electron chi connectivity index (χ3n) is 6.00. The Labute approximate surface area is 188 Å². The molecular weight excluding hydrogens is 427 g/mol. The fraction of sp³-hybridized carbons (Fsp3) is 0.304. The maximum Gasteiger partial charge on any atom is 0.155 e. The topological polar surface area (TPSA) is 92.0 Å². The zero-order chi connectivity index (χ0) is 22.2. The molecule has 0 atom stereocenters. The van der Waals surface area contributed by atoms with Crippen LogP contribution in [0.15, 0.2) is 52.9 Å². The van der Waals surface area contributed by atoms with Gasteiger partial charge in [0.2, 0.25) is 0 Å². The number of nitriles is 1. The summed E-state index contributed by atoms with van der Waals surface area (Å²) in [5.41, 5.74) is 3.90. The van der Waals surface area contributed by atoms with Gasteiger partial charge in [-0.15, -0.1) is 0 Å². The Morgan fingerprint density at radius 2 is 2.03 bits per heavy atom. The first kappa shape index (κ1) is 20.7. The third kappa shape index (κ3) is 3.66. The van der Waals surface area contributed by atoms with E-state index < -0.39 is 5.82 Å². The molecule has 0 radical (unpaired) electrons. The van der Waals surface area contributed by atoms with Gasteiger partial charge in [-0.2, -0.15) is 15.5 Å². The summed E-state index contributed by atoms with van der Waals surface area (Å²) in [6.45, 7) is 2.03. The van der Waals surface area contributed by atoms with Crippen LogP contribution in [0.3, 0.4) is 0 Å². The van der Waals surface area contributed by atoms with E-state index in [9.17, 15) is 14.8 Å². The second-order valence-electron chi connectivity index (χ2n) is 8.00. The van der Waals surface area contributed by atoms with Crippen LogP contribution in [-0.2, 0) is 0 Å². The maximum atomic E-state index is 14.3. The number of halogens is 1. The van der Waals surface area contributed by atoms with Crippen molar-refractivity contribution in [2.45, 2.75) is 54.7 Å². The fourth-order valence-electron chi connectivity index (χ4n) is 4.32. The van der Waals surface area contributed by atoms with E-state index in [0.29, 0.717) is 16.0 Å². The zero-order valence-electron chi connectivity index (χ0n) is 17.4. The Morgan fingerprint density at radius 3 is 2.78 bits per heavy atom. The standard InChI is InChI=1S/C23H21FN6OS/c1-14-19(12-28-30(14)17-4-6-18(31)7-5-17)15-9-21(32-23-20(24)3-2-8-26-23)22-16(10-25)11-27-29(22)13-15/h2-3,8-9,11-13,17-18,31H,4-7H2,1H3/t17-,18+. The maximum absolute atomic E-state index is 14.3. The van der Waals surface area contributed by atoms with Gasteiger partial charge in [0, 0.05) is 34.1 Å². The molecule has 5 rings (SSSR count). The van der Waals surface area contributed by atoms with Crippen molar-refractivity contribution in [3.05, 3.63) is 60.1 Å². The lowest BCUT2D eigenvalue weighted by Crippen LogP contribution is -2.22. The molecule has 1 aliphatic carbocycles. The van der Waals surface area contributed by atoms with E-state index in [4.69, 9.17) is 0 Å². The SMILES string of the molecule is Cc1c(-c2cc(Sc3ncccc3F)c3c(C#N)cnn3c2)cnn1[C@H]1CC[C@@H](O)CC1. The van der Waals surface area contributed by atoms with Gasteiger partial charge in [-0.1, -0.05) is 11.8 Å². The number of hydrogen-bond acceptors (Lipinski definition) is 6. The summed E-state index contributed by atoms with van der Waals surface area (Å²) >= 11 is 1.17. The molecule has 1 aliphatic rings. The lowest BCUT2D eigenvalue weighted by molar-refractivity contribution is 0.107. The second kappa shape index (κ2) is 8.37. The molecule has 0 saturated heterocycles. The molecule has 4 aromatic rings. The van der Waals surface area contributed by atoms with Crippen LogP contribution in [0.1, 0.15) is 43.0 Å². The Kier molecular flexibility index (Phi) is 5.41. The number of pyridine rings is 2. The van der Waals surface area contributed by atoms with Crippen molar-refractivity contribution >= 4 is 17.3 Å². The summed E-state index contributed by atoms with van der Waals surface area (Å²) in [5.74, 6) is -0.414. The number of aliphatic hydroxyl groups excluding tert-OH is 1. The van der Waals surface area contributed by atoms with Crippen LogP contribution < -0.4 is 0 Å². The monoisotopic (exact) mass is 448 g/mol. The van der Waals surface area contributed by atoms with Crippen LogP contribution in [0.2, 0.25) is 0 Å². The third-order valence-corrected chi connectivity index (χ3v) is 7.02. The lowest BCUT2D eigenvalue weighted by atomic mass is 9.93. The zero-order valence-corrected chi connectivity index (χ0v) is 18.3. The van der Waals surface area contributed by atoms with Crippen molar-refractivity contribution in [2.24, 2.45) is 0 Å². The average Bonchev–Trinajstić information content (AvgIpc) is 3.39. The van der Waals surface area contributed by atoms with Gasteiger partial charge in [0.15, 0.2) is 5.82 Å². The van der Waals surface area contributed by atoms with Crippen molar-refractivity contribution in [1.82, 2.24) is 24.4 Å². The first-order chi connectivity index (χ1) is 15.5. The summed E-state index contributed by atoms with van der Waals surface area (Å²) in [7, 11) is 0. The van der Waals surface area contributed by atoms with Gasteiger partial charge in [0.05, 0.1) is 35.6 Å². The number of aliphatic hydroxyl groups is 1. The highest BCUT2D eigenvalue weighted by atomic mass is 32.2. The first-order valence-corrected chi connectivity index (χ1v) is 11.3. The molecule has 0 aliphatic heterocycles. The van der Waals surface area contributed by atoms with Gasteiger partial charge in [0.25, 0.3) is 0 Å². The highest BCUT2D eigenvalue weighted by molar-refractivity contribution is 7.99. The molecule has 0 spiro atoms. The molecular formula is C23H21FN6OS. The largest absolute Gasteiger partial charge is 0.393 e. The molecule has 4 heterocycles. The van der Waals surface area contributed by atoms with E-state index in [1.54, 1.807) is 16.8 Å². The van der Waals surface area contributed by atoms with Gasteiger partial charge in [-0.05, 0) is 50.8 Å². The quantitative estimate of drug-likeness (QED) is 0.493. The summed E-state index contributed by atoms with van der Waals surface area (Å²) < 4.78 is 18.0. The highest BCUT2D eigenvalue weighted by Crippen LogP contribution is 2.37. The molecule has 0 amide bonds. The van der Waals surface area contributed by atoms with Crippen molar-refractivity contribution in [2.75, 3.05) is 0 Å². The van der Waals surface area contributed by atoms with E-state index >= 15 is 0 Å². The van der Waals surface area contributed by atoms with Crippen LogP contribution >= 0.6 is 11.8 Å². The number of aromatic nitrogens is 5. The van der Waals surface area contributed by atoms with Crippen molar-refractivity contribution in [1.29, 1.82) is 5.26 Å². The van der Waals surface area contributed by atoms with Gasteiger partial charge in [-0.25, -0.2) is 13.9 Å². The highest BCUT2D eigenvalue weighted by Gasteiger charge is 2.24. The molecule has 1 N–H and O–H groups in total. The number of rotatable bonds is 4. The Balaban J connectivity index is 1.59. The minimum absolute atomic E-state index is 0.218. The normalized spacial score (nSPS) is 18.7. The Bertz CT molecular complexity index is 1330. The van der Waals surface area contributed by atoms with Crippen molar-refractivity contribution < 1.29 is 9.50 Å². The average molecular weight is 449 g/mol. The summed E-state index contributed by atoms with van der Waals surface area (Å²) in [5, 5.41) is 28.6. The molecule has 9 heteroatoms. The molecule has 1 saturated carbocycles. The Hall–Kier alpha value is -3.22. The van der Waals surface area contributed by atoms with Crippen molar-refractivity contribution in [3.8, 4) is 17.2 Å². The van der Waals surface area contributed by atoms with Crippen LogP contribution in [0.25, 0.3) is 16.6 Å². The molecule has 162 valence electrons. The van der Waals surface area contributed by atoms with Crippen LogP contribution in [0.4, 0.5) is 4.39 Å². The van der Waals surface area contributed by atoms with E-state index in [0.717, 1.165) is 42.5 Å². The van der Waals surface area contributed by atoms with E-state index in [2.05, 4.69) is 21.3 Å². The minimum atomic E-state index is -0.414. The van der Waals surface area contributed by atoms with Gasteiger partial charge in [-0.3, -0.25) is 4.68 Å². The predicted octanol–water partition coefficient (Wildman–Crippen LogP) is 4.54. The van der Waals surface area contributed by atoms with Crippen molar-refractivity contribution in [3.63, 3.8) is 0 Å². The van der Waals surface area contributed by atoms with Crippen LogP contribution in [0, 0.1) is 24.1 Å². The van der Waals surface area contributed by atoms with Crippen LogP contribution in [0.5, 0.6) is 0 Å². The van der Waals surface area contributed by atoms with E-state index in [1.807, 2.05) is 30.1 Å². The second-order valence-corrected chi connectivity index (χ2v) is 9.03. The lowest BCUT2D eigenvalue weighted by Gasteiger charge is -2.26. The molecule has 4 aromatic heterocycles. The van der Waals surface area contributed by atoms with Gasteiger partial charge in [0.1, 0.15) is 11.1 Å². The van der Waals surface area contributed by atoms with E-state index in [1.165, 1.54) is 24.0 Å². The van der Waals surface area contributed by atoms with Crippen LogP contribution in [-0.4, -0.2) is 35.6 Å².